The SMILES string of the molecule is COc1cc(C)c(C(Br)c2ccc(Br)cc2Br)cc1OC. The summed E-state index contributed by atoms with van der Waals surface area (Å²) in [5.74, 6) is 1.48. The molecule has 0 N–H and O–H groups in total. The van der Waals surface area contributed by atoms with E-state index in [9.17, 15) is 0 Å². The van der Waals surface area contributed by atoms with Gasteiger partial charge in [0.05, 0.1) is 19.0 Å². The number of hydrogen-bond acceptors (Lipinski definition) is 2. The second kappa shape index (κ2) is 7.16. The smallest absolute Gasteiger partial charge is 0.161 e. The summed E-state index contributed by atoms with van der Waals surface area (Å²) in [5, 5.41) is 0. The second-order valence-electron chi connectivity index (χ2n) is 4.59. The lowest BCUT2D eigenvalue weighted by Gasteiger charge is -2.18. The van der Waals surface area contributed by atoms with Gasteiger partial charge in [-0.05, 0) is 47.9 Å². The molecule has 0 amide bonds. The molecule has 2 nitrogen and oxygen atoms in total. The highest BCUT2D eigenvalue weighted by Crippen LogP contribution is 2.41. The Kier molecular flexibility index (Phi) is 5.74. The van der Waals surface area contributed by atoms with E-state index >= 15 is 0 Å². The zero-order chi connectivity index (χ0) is 15.6. The van der Waals surface area contributed by atoms with Crippen molar-refractivity contribution in [3.8, 4) is 11.5 Å². The maximum absolute atomic E-state index is 5.40. The minimum absolute atomic E-state index is 0.0692. The lowest BCUT2D eigenvalue weighted by molar-refractivity contribution is 0.354. The number of benzene rings is 2. The van der Waals surface area contributed by atoms with Gasteiger partial charge in [-0.1, -0.05) is 53.9 Å². The first-order valence-corrected chi connectivity index (χ1v) is 8.79. The van der Waals surface area contributed by atoms with Gasteiger partial charge >= 0.3 is 0 Å². The van der Waals surface area contributed by atoms with Gasteiger partial charge < -0.3 is 9.47 Å². The Morgan fingerprint density at radius 1 is 0.905 bits per heavy atom. The molecule has 2 aromatic rings. The van der Waals surface area contributed by atoms with E-state index in [1.165, 1.54) is 0 Å². The van der Waals surface area contributed by atoms with Crippen molar-refractivity contribution in [2.24, 2.45) is 0 Å². The molecule has 0 saturated carbocycles. The molecule has 0 aliphatic heterocycles. The molecule has 1 atom stereocenters. The second-order valence-corrected chi connectivity index (χ2v) is 7.28. The topological polar surface area (TPSA) is 18.5 Å². The van der Waals surface area contributed by atoms with Crippen LogP contribution in [0.15, 0.2) is 39.3 Å². The van der Waals surface area contributed by atoms with Crippen LogP contribution in [0.5, 0.6) is 11.5 Å². The van der Waals surface area contributed by atoms with E-state index in [-0.39, 0.29) is 4.83 Å². The summed E-state index contributed by atoms with van der Waals surface area (Å²) in [4.78, 5) is 0.0692. The zero-order valence-corrected chi connectivity index (χ0v) is 16.7. The molecule has 0 fully saturated rings. The van der Waals surface area contributed by atoms with Crippen LogP contribution in [0.3, 0.4) is 0 Å². The fourth-order valence-corrected chi connectivity index (χ4v) is 4.62. The molecule has 0 bridgehead atoms. The molecule has 5 heteroatoms. The molecule has 2 rings (SSSR count). The first-order valence-electron chi connectivity index (χ1n) is 6.29. The third-order valence-corrected chi connectivity index (χ3v) is 5.45. The van der Waals surface area contributed by atoms with Gasteiger partial charge in [-0.3, -0.25) is 0 Å². The molecule has 0 saturated heterocycles. The van der Waals surface area contributed by atoms with Gasteiger partial charge in [0, 0.05) is 8.95 Å². The third-order valence-electron chi connectivity index (χ3n) is 3.28. The fourth-order valence-electron chi connectivity index (χ4n) is 2.14. The lowest BCUT2D eigenvalue weighted by atomic mass is 9.99. The van der Waals surface area contributed by atoms with Crippen LogP contribution >= 0.6 is 47.8 Å². The van der Waals surface area contributed by atoms with Crippen molar-refractivity contribution in [2.45, 2.75) is 11.8 Å². The number of halogens is 3. The average Bonchev–Trinajstić information content (AvgIpc) is 2.46. The van der Waals surface area contributed by atoms with Crippen LogP contribution in [0, 0.1) is 6.92 Å². The highest BCUT2D eigenvalue weighted by atomic mass is 79.9. The van der Waals surface area contributed by atoms with Crippen LogP contribution in [0.1, 0.15) is 21.5 Å². The Morgan fingerprint density at radius 3 is 2.10 bits per heavy atom. The Morgan fingerprint density at radius 2 is 1.52 bits per heavy atom. The van der Waals surface area contributed by atoms with E-state index in [1.807, 2.05) is 24.3 Å². The van der Waals surface area contributed by atoms with Crippen LogP contribution in [-0.4, -0.2) is 14.2 Å². The van der Waals surface area contributed by atoms with Gasteiger partial charge in [0.25, 0.3) is 0 Å². The summed E-state index contributed by atoms with van der Waals surface area (Å²) < 4.78 is 12.8. The predicted octanol–water partition coefficient (Wildman–Crippen LogP) is 6.02. The van der Waals surface area contributed by atoms with E-state index in [4.69, 9.17) is 9.47 Å². The molecule has 0 aliphatic carbocycles. The summed E-state index contributed by atoms with van der Waals surface area (Å²) in [6, 6.07) is 10.2. The van der Waals surface area contributed by atoms with Crippen LogP contribution in [0.25, 0.3) is 0 Å². The number of methoxy groups -OCH3 is 2. The maximum atomic E-state index is 5.40. The van der Waals surface area contributed by atoms with E-state index in [1.54, 1.807) is 14.2 Å². The third kappa shape index (κ3) is 3.63. The molecule has 0 radical (unpaired) electrons. The number of ether oxygens (including phenoxy) is 2. The monoisotopic (exact) mass is 476 g/mol. The first-order chi connectivity index (χ1) is 9.97. The van der Waals surface area contributed by atoms with Crippen molar-refractivity contribution < 1.29 is 9.47 Å². The number of alkyl halides is 1. The van der Waals surface area contributed by atoms with Crippen molar-refractivity contribution in [1.82, 2.24) is 0 Å². The van der Waals surface area contributed by atoms with Gasteiger partial charge in [0.2, 0.25) is 0 Å². The highest BCUT2D eigenvalue weighted by Gasteiger charge is 2.18. The quantitative estimate of drug-likeness (QED) is 0.500. The number of hydrogen-bond donors (Lipinski definition) is 0. The van der Waals surface area contributed by atoms with Gasteiger partial charge in [-0.2, -0.15) is 0 Å². The lowest BCUT2D eigenvalue weighted by Crippen LogP contribution is -2.00. The summed E-state index contributed by atoms with van der Waals surface area (Å²) in [7, 11) is 3.30. The minimum Gasteiger partial charge on any atom is -0.493 e. The molecule has 112 valence electrons. The van der Waals surface area contributed by atoms with Gasteiger partial charge in [-0.25, -0.2) is 0 Å². The van der Waals surface area contributed by atoms with E-state index in [0.29, 0.717) is 0 Å². The Balaban J connectivity index is 2.50. The maximum Gasteiger partial charge on any atom is 0.161 e. The normalized spacial score (nSPS) is 12.1. The van der Waals surface area contributed by atoms with E-state index < -0.39 is 0 Å². The summed E-state index contributed by atoms with van der Waals surface area (Å²) in [6.45, 7) is 2.07. The van der Waals surface area contributed by atoms with E-state index in [0.717, 1.165) is 37.1 Å². The summed E-state index contributed by atoms with van der Waals surface area (Å²) >= 11 is 10.9. The van der Waals surface area contributed by atoms with Crippen LogP contribution in [-0.2, 0) is 0 Å². The average molecular weight is 479 g/mol. The molecule has 0 heterocycles. The number of aryl methyl sites for hydroxylation is 1. The Hall–Kier alpha value is -0.520. The Labute approximate surface area is 150 Å². The van der Waals surface area contributed by atoms with Crippen LogP contribution in [0.2, 0.25) is 0 Å². The van der Waals surface area contributed by atoms with Crippen molar-refractivity contribution in [3.05, 3.63) is 56.0 Å². The van der Waals surface area contributed by atoms with Crippen molar-refractivity contribution in [3.63, 3.8) is 0 Å². The van der Waals surface area contributed by atoms with Crippen LogP contribution in [0.4, 0.5) is 0 Å². The highest BCUT2D eigenvalue weighted by molar-refractivity contribution is 9.11. The Bertz CT molecular complexity index is 656. The predicted molar refractivity (Wildman–Crippen MR) is 96.9 cm³/mol. The van der Waals surface area contributed by atoms with Gasteiger partial charge in [0.15, 0.2) is 11.5 Å². The largest absolute Gasteiger partial charge is 0.493 e. The first kappa shape index (κ1) is 16.8. The standard InChI is InChI=1S/C16H15Br3O2/c1-9-6-14(20-2)15(21-3)8-12(9)16(19)11-5-4-10(17)7-13(11)18/h4-8,16H,1-3H3. The number of rotatable bonds is 4. The molecular weight excluding hydrogens is 464 g/mol. The zero-order valence-electron chi connectivity index (χ0n) is 11.9. The summed E-state index contributed by atoms with van der Waals surface area (Å²) in [5.41, 5.74) is 3.45. The van der Waals surface area contributed by atoms with E-state index in [2.05, 4.69) is 60.8 Å². The summed E-state index contributed by atoms with van der Waals surface area (Å²) in [6.07, 6.45) is 0. The molecule has 1 unspecified atom stereocenters. The molecule has 2 aromatic carbocycles. The molecule has 0 spiro atoms. The van der Waals surface area contributed by atoms with Crippen LogP contribution < -0.4 is 9.47 Å². The van der Waals surface area contributed by atoms with Gasteiger partial charge in [-0.15, -0.1) is 0 Å². The van der Waals surface area contributed by atoms with Crippen molar-refractivity contribution in [2.75, 3.05) is 14.2 Å². The van der Waals surface area contributed by atoms with Gasteiger partial charge in [0.1, 0.15) is 0 Å². The molecule has 0 aliphatic rings. The molecule has 21 heavy (non-hydrogen) atoms. The van der Waals surface area contributed by atoms with Crippen molar-refractivity contribution >= 4 is 47.8 Å². The molecular formula is C16H15Br3O2. The fraction of sp³-hybridized carbons (Fsp3) is 0.250. The molecule has 0 aromatic heterocycles. The minimum atomic E-state index is 0.0692. The van der Waals surface area contributed by atoms with Crippen molar-refractivity contribution in [1.29, 1.82) is 0 Å².